The molecule has 0 bridgehead atoms. The van der Waals surface area contributed by atoms with Gasteiger partial charge in [-0.2, -0.15) is 0 Å². The van der Waals surface area contributed by atoms with E-state index in [9.17, 15) is 0 Å². The van der Waals surface area contributed by atoms with Crippen LogP contribution >= 0.6 is 22.7 Å². The summed E-state index contributed by atoms with van der Waals surface area (Å²) in [6.07, 6.45) is 0. The van der Waals surface area contributed by atoms with Crippen molar-refractivity contribution in [2.75, 3.05) is 0 Å². The van der Waals surface area contributed by atoms with Crippen molar-refractivity contribution in [3.63, 3.8) is 0 Å². The minimum Gasteiger partial charge on any atom is -0.308 e. The van der Waals surface area contributed by atoms with Gasteiger partial charge in [-0.3, -0.25) is 0 Å². The van der Waals surface area contributed by atoms with Gasteiger partial charge < -0.3 is 4.57 Å². The SMILES string of the molecule is c1cc(-c2nc3ccccc3c3c4c(ccc23)C2(c3ccccc3-c3ccccc32)c2ccccc2-4)cc(-n2c3cc4c(cc3c3sc5ccccc5c32)sc2ccccc24)c1. The Hall–Kier alpha value is -7.37. The van der Waals surface area contributed by atoms with E-state index in [1.807, 2.05) is 22.7 Å². The van der Waals surface area contributed by atoms with Crippen LogP contribution < -0.4 is 0 Å². The number of para-hydroxylation sites is 1. The van der Waals surface area contributed by atoms with Gasteiger partial charge in [0.25, 0.3) is 0 Å². The molecule has 1 spiro atoms. The molecule has 0 atom stereocenters. The maximum Gasteiger partial charge on any atom is 0.0789 e. The average Bonchev–Trinajstić information content (AvgIpc) is 4.12. The highest BCUT2D eigenvalue weighted by atomic mass is 32.1. The van der Waals surface area contributed by atoms with Gasteiger partial charge >= 0.3 is 0 Å². The van der Waals surface area contributed by atoms with E-state index in [2.05, 4.69) is 199 Å². The van der Waals surface area contributed by atoms with Crippen molar-refractivity contribution in [1.82, 2.24) is 9.55 Å². The second kappa shape index (κ2) is 11.9. The van der Waals surface area contributed by atoms with Gasteiger partial charge in [-0.05, 0) is 87.0 Å². The molecule has 15 rings (SSSR count). The Kier molecular flexibility index (Phi) is 6.41. The van der Waals surface area contributed by atoms with Crippen LogP contribution in [0.1, 0.15) is 22.3 Å². The van der Waals surface area contributed by atoms with Crippen molar-refractivity contribution in [2.24, 2.45) is 0 Å². The lowest BCUT2D eigenvalue weighted by Crippen LogP contribution is -2.25. The van der Waals surface area contributed by atoms with E-state index >= 15 is 0 Å². The monoisotopic (exact) mass is 820 g/mol. The Bertz CT molecular complexity index is 4080. The van der Waals surface area contributed by atoms with Crippen molar-refractivity contribution in [3.05, 3.63) is 216 Å². The van der Waals surface area contributed by atoms with Crippen LogP contribution in [-0.4, -0.2) is 9.55 Å². The van der Waals surface area contributed by atoms with Crippen molar-refractivity contribution >= 4 is 95.7 Å². The first kappa shape index (κ1) is 33.4. The molecule has 2 aliphatic carbocycles. The third-order valence-electron chi connectivity index (χ3n) is 14.0. The predicted molar refractivity (Wildman–Crippen MR) is 264 cm³/mol. The van der Waals surface area contributed by atoms with E-state index < -0.39 is 5.41 Å². The van der Waals surface area contributed by atoms with Crippen molar-refractivity contribution in [2.45, 2.75) is 5.41 Å². The maximum atomic E-state index is 5.57. The lowest BCUT2D eigenvalue weighted by Gasteiger charge is -2.30. The summed E-state index contributed by atoms with van der Waals surface area (Å²) >= 11 is 3.79. The van der Waals surface area contributed by atoms with Gasteiger partial charge in [0, 0.05) is 63.1 Å². The van der Waals surface area contributed by atoms with Gasteiger partial charge in [0.05, 0.1) is 32.4 Å². The highest BCUT2D eigenvalue weighted by molar-refractivity contribution is 7.27. The highest BCUT2D eigenvalue weighted by Crippen LogP contribution is 2.64. The van der Waals surface area contributed by atoms with E-state index in [0.29, 0.717) is 0 Å². The molecule has 286 valence electrons. The summed E-state index contributed by atoms with van der Waals surface area (Å²) in [6.45, 7) is 0. The zero-order valence-electron chi connectivity index (χ0n) is 33.2. The smallest absolute Gasteiger partial charge is 0.0789 e. The molecule has 62 heavy (non-hydrogen) atoms. The first-order valence-corrected chi connectivity index (χ1v) is 22.9. The summed E-state index contributed by atoms with van der Waals surface area (Å²) < 4.78 is 7.82. The highest BCUT2D eigenvalue weighted by Gasteiger charge is 2.52. The molecule has 0 saturated carbocycles. The minimum absolute atomic E-state index is 0.416. The number of hydrogen-bond acceptors (Lipinski definition) is 3. The molecular formula is C58H32N2S2. The largest absolute Gasteiger partial charge is 0.308 e. The van der Waals surface area contributed by atoms with Gasteiger partial charge in [0.1, 0.15) is 0 Å². The van der Waals surface area contributed by atoms with Gasteiger partial charge in [-0.15, -0.1) is 22.7 Å². The molecule has 2 aliphatic rings. The molecule has 4 heteroatoms. The zero-order chi connectivity index (χ0) is 40.3. The molecule has 13 aromatic rings. The maximum absolute atomic E-state index is 5.57. The Morgan fingerprint density at radius 1 is 0.419 bits per heavy atom. The van der Waals surface area contributed by atoms with Crippen LogP contribution in [0, 0.1) is 0 Å². The molecule has 0 unspecified atom stereocenters. The van der Waals surface area contributed by atoms with Crippen molar-refractivity contribution in [3.8, 4) is 39.2 Å². The number of aromatic nitrogens is 2. The Balaban J connectivity index is 1.03. The van der Waals surface area contributed by atoms with Gasteiger partial charge in [0.15, 0.2) is 0 Å². The summed E-state index contributed by atoms with van der Waals surface area (Å²) in [5.74, 6) is 0. The van der Waals surface area contributed by atoms with Crippen LogP contribution in [0.5, 0.6) is 0 Å². The Labute approximate surface area is 364 Å². The standard InChI is InChI=1S/C58H32N2S2/c1-7-22-44-35(16-1)36-17-2-8-23-45(36)58(44)46-24-9-3-19-38(46)54-47(58)29-28-41-53(54)39-20-4-10-25-48(39)59-55(41)33-14-13-15-34(30-33)60-49-31-42-37-18-5-11-26-50(37)61-52(42)32-43(49)57-56(60)40-21-6-12-27-51(40)62-57/h1-32H. The molecule has 0 aliphatic heterocycles. The molecule has 0 amide bonds. The molecule has 0 saturated heterocycles. The Morgan fingerprint density at radius 2 is 1.06 bits per heavy atom. The second-order valence-corrected chi connectivity index (χ2v) is 19.0. The fraction of sp³-hybridized carbons (Fsp3) is 0.0172. The molecule has 4 aromatic heterocycles. The molecule has 0 fully saturated rings. The molecule has 0 N–H and O–H groups in total. The number of thiophene rings is 2. The van der Waals surface area contributed by atoms with Crippen LogP contribution in [0.4, 0.5) is 0 Å². The summed E-state index contributed by atoms with van der Waals surface area (Å²) in [7, 11) is 0. The first-order chi connectivity index (χ1) is 30.8. The van der Waals surface area contributed by atoms with Crippen LogP contribution in [0.2, 0.25) is 0 Å². The van der Waals surface area contributed by atoms with Crippen LogP contribution in [0.3, 0.4) is 0 Å². The van der Waals surface area contributed by atoms with Crippen LogP contribution in [0.25, 0.3) is 112 Å². The fourth-order valence-corrected chi connectivity index (χ4v) is 13.9. The lowest BCUT2D eigenvalue weighted by atomic mass is 9.70. The third kappa shape index (κ3) is 4.07. The first-order valence-electron chi connectivity index (χ1n) is 21.3. The quantitative estimate of drug-likeness (QED) is 0.159. The van der Waals surface area contributed by atoms with Gasteiger partial charge in [0.2, 0.25) is 0 Å². The van der Waals surface area contributed by atoms with Crippen LogP contribution in [-0.2, 0) is 5.41 Å². The van der Waals surface area contributed by atoms with Gasteiger partial charge in [-0.25, -0.2) is 4.98 Å². The second-order valence-electron chi connectivity index (χ2n) is 16.9. The van der Waals surface area contributed by atoms with E-state index in [0.717, 1.165) is 22.5 Å². The summed E-state index contributed by atoms with van der Waals surface area (Å²) in [4.78, 5) is 5.57. The van der Waals surface area contributed by atoms with E-state index in [-0.39, 0.29) is 0 Å². The predicted octanol–water partition coefficient (Wildman–Crippen LogP) is 16.1. The lowest BCUT2D eigenvalue weighted by molar-refractivity contribution is 0.794. The summed E-state index contributed by atoms with van der Waals surface area (Å²) in [5.41, 5.74) is 17.0. The van der Waals surface area contributed by atoms with Crippen LogP contribution in [0.15, 0.2) is 194 Å². The summed E-state index contributed by atoms with van der Waals surface area (Å²) in [6, 6.07) is 72.6. The van der Waals surface area contributed by atoms with E-state index in [4.69, 9.17) is 4.98 Å². The van der Waals surface area contributed by atoms with E-state index in [1.54, 1.807) is 0 Å². The number of pyridine rings is 1. The number of nitrogens with zero attached hydrogens (tertiary/aromatic N) is 2. The van der Waals surface area contributed by atoms with Crippen molar-refractivity contribution < 1.29 is 0 Å². The normalized spacial score (nSPS) is 13.6. The fourth-order valence-electron chi connectivity index (χ4n) is 11.6. The molecule has 4 heterocycles. The number of hydrogen-bond donors (Lipinski definition) is 0. The summed E-state index contributed by atoms with van der Waals surface area (Å²) in [5, 5.41) is 8.83. The topological polar surface area (TPSA) is 17.8 Å². The molecule has 9 aromatic carbocycles. The molecular weight excluding hydrogens is 789 g/mol. The number of fused-ring (bicyclic) bond motifs is 22. The zero-order valence-corrected chi connectivity index (χ0v) is 34.8. The minimum atomic E-state index is -0.416. The number of benzene rings is 9. The Morgan fingerprint density at radius 3 is 1.85 bits per heavy atom. The van der Waals surface area contributed by atoms with Crippen molar-refractivity contribution in [1.29, 1.82) is 0 Å². The average molecular weight is 821 g/mol. The van der Waals surface area contributed by atoms with Gasteiger partial charge in [-0.1, -0.05) is 152 Å². The number of rotatable bonds is 2. The van der Waals surface area contributed by atoms with E-state index in [1.165, 1.54) is 112 Å². The third-order valence-corrected chi connectivity index (χ3v) is 16.3. The molecule has 0 radical (unpaired) electrons. The molecule has 2 nitrogen and oxygen atoms in total.